The molecule has 28 heavy (non-hydrogen) atoms. The first-order valence-corrected chi connectivity index (χ1v) is 9.80. The van der Waals surface area contributed by atoms with Gasteiger partial charge >= 0.3 is 0 Å². The summed E-state index contributed by atoms with van der Waals surface area (Å²) < 4.78 is 1.80. The zero-order valence-corrected chi connectivity index (χ0v) is 16.4. The van der Waals surface area contributed by atoms with Crippen molar-refractivity contribution >= 4 is 5.91 Å². The van der Waals surface area contributed by atoms with Gasteiger partial charge in [-0.25, -0.2) is 4.68 Å². The highest BCUT2D eigenvalue weighted by molar-refractivity contribution is 6.00. The Hall–Kier alpha value is -2.92. The molecular formula is C23H26N4O. The number of aromatic nitrogens is 2. The second-order valence-electron chi connectivity index (χ2n) is 7.60. The van der Waals surface area contributed by atoms with E-state index in [0.717, 1.165) is 29.8 Å². The minimum atomic E-state index is 0.0299. The van der Waals surface area contributed by atoms with Gasteiger partial charge in [0.2, 0.25) is 0 Å². The van der Waals surface area contributed by atoms with Crippen LogP contribution in [0.2, 0.25) is 0 Å². The van der Waals surface area contributed by atoms with Crippen molar-refractivity contribution in [3.8, 4) is 16.9 Å². The van der Waals surface area contributed by atoms with E-state index in [-0.39, 0.29) is 11.9 Å². The number of amides is 1. The maximum Gasteiger partial charge on any atom is 0.257 e. The van der Waals surface area contributed by atoms with Crippen LogP contribution in [0.25, 0.3) is 16.9 Å². The Morgan fingerprint density at radius 3 is 2.43 bits per heavy atom. The molecule has 144 valence electrons. The van der Waals surface area contributed by atoms with Crippen LogP contribution in [-0.4, -0.2) is 39.7 Å². The zero-order chi connectivity index (χ0) is 19.7. The van der Waals surface area contributed by atoms with Crippen LogP contribution in [0.4, 0.5) is 0 Å². The highest BCUT2D eigenvalue weighted by atomic mass is 16.2. The molecular weight excluding hydrogens is 348 g/mol. The number of para-hydroxylation sites is 1. The molecule has 1 fully saturated rings. The number of piperidine rings is 1. The van der Waals surface area contributed by atoms with Crippen LogP contribution < -0.4 is 5.73 Å². The summed E-state index contributed by atoms with van der Waals surface area (Å²) in [6, 6.07) is 16.3. The summed E-state index contributed by atoms with van der Waals surface area (Å²) in [5.41, 5.74) is 11.7. The second kappa shape index (κ2) is 7.60. The maximum absolute atomic E-state index is 13.3. The van der Waals surface area contributed by atoms with Gasteiger partial charge in [-0.1, -0.05) is 30.3 Å². The van der Waals surface area contributed by atoms with Crippen molar-refractivity contribution in [1.29, 1.82) is 0 Å². The molecule has 2 N–H and O–H groups in total. The van der Waals surface area contributed by atoms with E-state index in [1.807, 2.05) is 47.5 Å². The van der Waals surface area contributed by atoms with E-state index in [2.05, 4.69) is 26.0 Å². The van der Waals surface area contributed by atoms with Crippen LogP contribution in [0.3, 0.4) is 0 Å². The Bertz CT molecular complexity index is 985. The molecule has 0 aliphatic carbocycles. The lowest BCUT2D eigenvalue weighted by molar-refractivity contribution is 0.0715. The van der Waals surface area contributed by atoms with Gasteiger partial charge in [0.05, 0.1) is 11.3 Å². The second-order valence-corrected chi connectivity index (χ2v) is 7.60. The third kappa shape index (κ3) is 3.58. The lowest BCUT2D eigenvalue weighted by Crippen LogP contribution is -2.42. The van der Waals surface area contributed by atoms with E-state index >= 15 is 0 Å². The van der Waals surface area contributed by atoms with E-state index in [4.69, 9.17) is 10.8 Å². The maximum atomic E-state index is 13.3. The number of nitrogens with two attached hydrogens (primary N) is 1. The fourth-order valence-corrected chi connectivity index (χ4v) is 3.62. The van der Waals surface area contributed by atoms with Crippen LogP contribution >= 0.6 is 0 Å². The van der Waals surface area contributed by atoms with E-state index in [0.29, 0.717) is 18.7 Å². The molecule has 2 heterocycles. The SMILES string of the molecule is Cc1ccc(-c2nn(-c3ccccc3)cc2C(=O)N2CCC(N)CC2)cc1C. The Morgan fingerprint density at radius 1 is 1.04 bits per heavy atom. The van der Waals surface area contributed by atoms with Crippen molar-refractivity contribution in [3.05, 3.63) is 71.4 Å². The van der Waals surface area contributed by atoms with Gasteiger partial charge in [0.15, 0.2) is 0 Å². The third-order valence-electron chi connectivity index (χ3n) is 5.57. The van der Waals surface area contributed by atoms with Crippen molar-refractivity contribution < 1.29 is 4.79 Å². The molecule has 0 spiro atoms. The Kier molecular flexibility index (Phi) is 5.01. The van der Waals surface area contributed by atoms with Gasteiger partial charge in [-0.05, 0) is 56.0 Å². The number of likely N-dealkylation sites (tertiary alicyclic amines) is 1. The first-order valence-electron chi connectivity index (χ1n) is 9.80. The molecule has 3 aromatic rings. The van der Waals surface area contributed by atoms with Gasteiger partial charge in [-0.15, -0.1) is 0 Å². The Balaban J connectivity index is 1.78. The lowest BCUT2D eigenvalue weighted by atomic mass is 10.0. The standard InChI is InChI=1S/C23H26N4O/c1-16-8-9-18(14-17(16)2)22-21(23(28)26-12-10-19(24)11-13-26)15-27(25-22)20-6-4-3-5-7-20/h3-9,14-15,19H,10-13,24H2,1-2H3. The molecule has 1 aromatic heterocycles. The normalized spacial score (nSPS) is 15.0. The van der Waals surface area contributed by atoms with Crippen LogP contribution in [0.1, 0.15) is 34.3 Å². The van der Waals surface area contributed by atoms with Crippen LogP contribution in [0.15, 0.2) is 54.7 Å². The average Bonchev–Trinajstić information content (AvgIpc) is 3.16. The van der Waals surface area contributed by atoms with Gasteiger partial charge in [0, 0.05) is 30.9 Å². The first kappa shape index (κ1) is 18.4. The molecule has 1 aliphatic heterocycles. The molecule has 2 aromatic carbocycles. The molecule has 5 nitrogen and oxygen atoms in total. The van der Waals surface area contributed by atoms with E-state index < -0.39 is 0 Å². The molecule has 4 rings (SSSR count). The fraction of sp³-hybridized carbons (Fsp3) is 0.304. The molecule has 5 heteroatoms. The van der Waals surface area contributed by atoms with Gasteiger partial charge in [-0.2, -0.15) is 5.10 Å². The predicted molar refractivity (Wildman–Crippen MR) is 112 cm³/mol. The summed E-state index contributed by atoms with van der Waals surface area (Å²) in [4.78, 5) is 15.2. The van der Waals surface area contributed by atoms with Crippen molar-refractivity contribution in [3.63, 3.8) is 0 Å². The van der Waals surface area contributed by atoms with Crippen molar-refractivity contribution in [1.82, 2.24) is 14.7 Å². The molecule has 0 unspecified atom stereocenters. The lowest BCUT2D eigenvalue weighted by Gasteiger charge is -2.30. The number of rotatable bonds is 3. The summed E-state index contributed by atoms with van der Waals surface area (Å²) >= 11 is 0. The number of hydrogen-bond donors (Lipinski definition) is 1. The van der Waals surface area contributed by atoms with Crippen molar-refractivity contribution in [2.45, 2.75) is 32.7 Å². The van der Waals surface area contributed by atoms with Crippen LogP contribution in [0, 0.1) is 13.8 Å². The van der Waals surface area contributed by atoms with Gasteiger partial charge < -0.3 is 10.6 Å². The van der Waals surface area contributed by atoms with Crippen LogP contribution in [0.5, 0.6) is 0 Å². The first-order chi connectivity index (χ1) is 13.5. The quantitative estimate of drug-likeness (QED) is 0.760. The number of carbonyl (C=O) groups excluding carboxylic acids is 1. The summed E-state index contributed by atoms with van der Waals surface area (Å²) in [6.45, 7) is 5.57. The number of benzene rings is 2. The van der Waals surface area contributed by atoms with Gasteiger partial charge in [0.1, 0.15) is 5.69 Å². The number of aryl methyl sites for hydroxylation is 2. The number of hydrogen-bond acceptors (Lipinski definition) is 3. The average molecular weight is 374 g/mol. The predicted octanol–water partition coefficient (Wildman–Crippen LogP) is 3.72. The van der Waals surface area contributed by atoms with Crippen molar-refractivity contribution in [2.24, 2.45) is 5.73 Å². The largest absolute Gasteiger partial charge is 0.338 e. The molecule has 0 bridgehead atoms. The summed E-state index contributed by atoms with van der Waals surface area (Å²) in [5.74, 6) is 0.0299. The highest BCUT2D eigenvalue weighted by Crippen LogP contribution is 2.27. The molecule has 0 atom stereocenters. The topological polar surface area (TPSA) is 64.2 Å². The monoisotopic (exact) mass is 374 g/mol. The molecule has 0 radical (unpaired) electrons. The summed E-state index contributed by atoms with van der Waals surface area (Å²) in [5, 5.41) is 4.80. The third-order valence-corrected chi connectivity index (χ3v) is 5.57. The van der Waals surface area contributed by atoms with E-state index in [9.17, 15) is 4.79 Å². The molecule has 1 amide bonds. The number of carbonyl (C=O) groups is 1. The zero-order valence-electron chi connectivity index (χ0n) is 16.4. The minimum absolute atomic E-state index is 0.0299. The van der Waals surface area contributed by atoms with Crippen molar-refractivity contribution in [2.75, 3.05) is 13.1 Å². The minimum Gasteiger partial charge on any atom is -0.338 e. The van der Waals surface area contributed by atoms with E-state index in [1.165, 1.54) is 11.1 Å². The van der Waals surface area contributed by atoms with Crippen LogP contribution in [-0.2, 0) is 0 Å². The summed E-state index contributed by atoms with van der Waals surface area (Å²) in [6.07, 6.45) is 3.55. The molecule has 1 saturated heterocycles. The smallest absolute Gasteiger partial charge is 0.257 e. The number of nitrogens with zero attached hydrogens (tertiary/aromatic N) is 3. The highest BCUT2D eigenvalue weighted by Gasteiger charge is 2.26. The summed E-state index contributed by atoms with van der Waals surface area (Å²) in [7, 11) is 0. The molecule has 1 aliphatic rings. The van der Waals surface area contributed by atoms with Gasteiger partial charge in [-0.3, -0.25) is 4.79 Å². The Labute approximate surface area is 165 Å². The molecule has 0 saturated carbocycles. The van der Waals surface area contributed by atoms with Gasteiger partial charge in [0.25, 0.3) is 5.91 Å². The fourth-order valence-electron chi connectivity index (χ4n) is 3.62. The van der Waals surface area contributed by atoms with E-state index in [1.54, 1.807) is 4.68 Å². The Morgan fingerprint density at radius 2 is 1.75 bits per heavy atom.